The zero-order valence-corrected chi connectivity index (χ0v) is 11.7. The largest absolute Gasteiger partial charge is 0.382 e. The van der Waals surface area contributed by atoms with Crippen LogP contribution in [0.25, 0.3) is 0 Å². The Morgan fingerprint density at radius 3 is 3.05 bits per heavy atom. The first-order chi connectivity index (χ1) is 9.31. The van der Waals surface area contributed by atoms with Crippen molar-refractivity contribution in [1.29, 1.82) is 0 Å². The third kappa shape index (κ3) is 4.09. The van der Waals surface area contributed by atoms with Gasteiger partial charge < -0.3 is 20.1 Å². The van der Waals surface area contributed by atoms with Gasteiger partial charge in [0.15, 0.2) is 5.96 Å². The number of rotatable bonds is 6. The van der Waals surface area contributed by atoms with E-state index in [9.17, 15) is 0 Å². The highest BCUT2D eigenvalue weighted by molar-refractivity contribution is 6.34. The molecule has 0 saturated carbocycles. The molecule has 5 nitrogen and oxygen atoms in total. The topological polar surface area (TPSA) is 54.9 Å². The van der Waals surface area contributed by atoms with E-state index in [0.717, 1.165) is 30.3 Å². The molecule has 0 aliphatic carbocycles. The minimum atomic E-state index is 0.486. The van der Waals surface area contributed by atoms with E-state index in [1.54, 1.807) is 7.11 Å². The molecule has 0 unspecified atom stereocenters. The lowest BCUT2D eigenvalue weighted by atomic mass is 10.2. The van der Waals surface area contributed by atoms with Crippen molar-refractivity contribution in [1.82, 2.24) is 5.32 Å². The average Bonchev–Trinajstić information content (AvgIpc) is 2.91. The Hall–Kier alpha value is -1.30. The summed E-state index contributed by atoms with van der Waals surface area (Å²) in [5.41, 5.74) is 1.84. The molecule has 6 heteroatoms. The molecule has 1 aliphatic heterocycles. The molecule has 0 radical (unpaired) electrons. The highest BCUT2D eigenvalue weighted by atomic mass is 35.5. The van der Waals surface area contributed by atoms with Crippen molar-refractivity contribution in [3.05, 3.63) is 28.8 Å². The maximum Gasteiger partial charge on any atom is 0.195 e. The lowest BCUT2D eigenvalue weighted by Crippen LogP contribution is -2.26. The zero-order valence-electron chi connectivity index (χ0n) is 10.9. The predicted molar refractivity (Wildman–Crippen MR) is 76.9 cm³/mol. The lowest BCUT2D eigenvalue weighted by Gasteiger charge is -2.14. The van der Waals surface area contributed by atoms with E-state index in [4.69, 9.17) is 21.1 Å². The fraction of sp³-hybridized carbons (Fsp3) is 0.462. The number of methoxy groups -OCH3 is 1. The molecule has 0 atom stereocenters. The third-order valence-electron chi connectivity index (χ3n) is 2.71. The molecule has 0 saturated heterocycles. The van der Waals surface area contributed by atoms with E-state index >= 15 is 0 Å². The first kappa shape index (κ1) is 14.1. The zero-order chi connectivity index (χ0) is 13.5. The number of hydrogen-bond acceptors (Lipinski definition) is 5. The number of guanidine groups is 1. The fourth-order valence-electron chi connectivity index (χ4n) is 1.75. The highest BCUT2D eigenvalue weighted by Gasteiger charge is 2.11. The first-order valence-corrected chi connectivity index (χ1v) is 6.58. The number of aliphatic imine (C=N–C) groups is 1. The first-order valence-electron chi connectivity index (χ1n) is 6.20. The van der Waals surface area contributed by atoms with Gasteiger partial charge in [0.05, 0.1) is 37.1 Å². The molecule has 2 N–H and O–H groups in total. The lowest BCUT2D eigenvalue weighted by molar-refractivity contribution is 0.0619. The van der Waals surface area contributed by atoms with E-state index in [2.05, 4.69) is 15.6 Å². The summed E-state index contributed by atoms with van der Waals surface area (Å²) in [6, 6.07) is 5.74. The maximum atomic E-state index is 6.22. The van der Waals surface area contributed by atoms with Gasteiger partial charge in [-0.2, -0.15) is 0 Å². The van der Waals surface area contributed by atoms with Crippen molar-refractivity contribution in [3.63, 3.8) is 0 Å². The molecule has 0 aromatic heterocycles. The van der Waals surface area contributed by atoms with E-state index in [-0.39, 0.29) is 0 Å². The molecule has 104 valence electrons. The molecule has 2 rings (SSSR count). The second kappa shape index (κ2) is 7.33. The monoisotopic (exact) mass is 283 g/mol. The van der Waals surface area contributed by atoms with Crippen LogP contribution in [0.15, 0.2) is 23.2 Å². The Morgan fingerprint density at radius 1 is 1.42 bits per heavy atom. The fourth-order valence-corrected chi connectivity index (χ4v) is 1.99. The van der Waals surface area contributed by atoms with Crippen molar-refractivity contribution in [2.45, 2.75) is 6.61 Å². The summed E-state index contributed by atoms with van der Waals surface area (Å²) in [6.07, 6.45) is 0. The Kier molecular flexibility index (Phi) is 5.44. The number of halogens is 1. The molecular formula is C13H18ClN3O2. The third-order valence-corrected chi connectivity index (χ3v) is 3.02. The molecular weight excluding hydrogens is 266 g/mol. The van der Waals surface area contributed by atoms with Crippen LogP contribution in [-0.4, -0.2) is 39.4 Å². The molecule has 1 aromatic rings. The van der Waals surface area contributed by atoms with Crippen LogP contribution < -0.4 is 10.6 Å². The summed E-state index contributed by atoms with van der Waals surface area (Å²) < 4.78 is 10.5. The van der Waals surface area contributed by atoms with Crippen LogP contribution in [-0.2, 0) is 16.1 Å². The van der Waals surface area contributed by atoms with E-state index in [0.29, 0.717) is 24.8 Å². The van der Waals surface area contributed by atoms with E-state index < -0.39 is 0 Å². The van der Waals surface area contributed by atoms with Gasteiger partial charge >= 0.3 is 0 Å². The second-order valence-corrected chi connectivity index (χ2v) is 4.51. The summed E-state index contributed by atoms with van der Waals surface area (Å²) in [5.74, 6) is 0.756. The van der Waals surface area contributed by atoms with Gasteiger partial charge in [-0.3, -0.25) is 4.99 Å². The van der Waals surface area contributed by atoms with Gasteiger partial charge in [-0.25, -0.2) is 0 Å². The summed E-state index contributed by atoms with van der Waals surface area (Å²) in [7, 11) is 1.65. The highest BCUT2D eigenvalue weighted by Crippen LogP contribution is 2.26. The van der Waals surface area contributed by atoms with Crippen LogP contribution in [0, 0.1) is 0 Å². The predicted octanol–water partition coefficient (Wildman–Crippen LogP) is 1.87. The number of anilines is 1. The van der Waals surface area contributed by atoms with Gasteiger partial charge in [0.2, 0.25) is 0 Å². The van der Waals surface area contributed by atoms with Crippen LogP contribution in [0.4, 0.5) is 5.69 Å². The van der Waals surface area contributed by atoms with Gasteiger partial charge in [-0.15, -0.1) is 0 Å². The summed E-state index contributed by atoms with van der Waals surface area (Å²) in [6.45, 7) is 3.26. The number of ether oxygens (including phenoxy) is 2. The van der Waals surface area contributed by atoms with Gasteiger partial charge in [0, 0.05) is 19.2 Å². The van der Waals surface area contributed by atoms with Crippen LogP contribution in [0.3, 0.4) is 0 Å². The Morgan fingerprint density at radius 2 is 2.32 bits per heavy atom. The number of benzene rings is 1. The average molecular weight is 284 g/mol. The standard InChI is InChI=1S/C13H18ClN3O2/c1-18-7-8-19-9-10-3-2-4-11(14)12(10)17-13-15-5-6-16-13/h2-4H,5-9H2,1H3,(H2,15,16,17). The van der Waals surface area contributed by atoms with Crippen molar-refractivity contribution in [2.24, 2.45) is 4.99 Å². The number of hydrogen-bond donors (Lipinski definition) is 2. The summed E-state index contributed by atoms with van der Waals surface area (Å²) >= 11 is 6.22. The van der Waals surface area contributed by atoms with Gasteiger partial charge in [0.1, 0.15) is 0 Å². The van der Waals surface area contributed by atoms with Crippen LogP contribution in [0.2, 0.25) is 5.02 Å². The van der Waals surface area contributed by atoms with Crippen LogP contribution >= 0.6 is 11.6 Å². The van der Waals surface area contributed by atoms with Crippen LogP contribution in [0.5, 0.6) is 0 Å². The molecule has 1 heterocycles. The number of nitrogens with one attached hydrogen (secondary N) is 2. The summed E-state index contributed by atoms with van der Waals surface area (Å²) in [5, 5.41) is 7.03. The van der Waals surface area contributed by atoms with Crippen molar-refractivity contribution >= 4 is 23.2 Å². The number of para-hydroxylation sites is 1. The maximum absolute atomic E-state index is 6.22. The molecule has 1 aliphatic rings. The van der Waals surface area contributed by atoms with E-state index in [1.807, 2.05) is 18.2 Å². The van der Waals surface area contributed by atoms with Crippen molar-refractivity contribution in [3.8, 4) is 0 Å². The Balaban J connectivity index is 2.02. The van der Waals surface area contributed by atoms with Gasteiger partial charge in [-0.1, -0.05) is 23.7 Å². The minimum absolute atomic E-state index is 0.486. The quantitative estimate of drug-likeness (QED) is 0.783. The molecule has 0 fully saturated rings. The molecule has 0 bridgehead atoms. The van der Waals surface area contributed by atoms with E-state index in [1.165, 1.54) is 0 Å². The Labute approximate surface area is 118 Å². The smallest absolute Gasteiger partial charge is 0.195 e. The molecule has 19 heavy (non-hydrogen) atoms. The Bertz CT molecular complexity index is 452. The molecule has 0 amide bonds. The normalized spacial score (nSPS) is 14.1. The number of nitrogens with zero attached hydrogens (tertiary/aromatic N) is 1. The van der Waals surface area contributed by atoms with Crippen molar-refractivity contribution in [2.75, 3.05) is 38.7 Å². The second-order valence-electron chi connectivity index (χ2n) is 4.10. The minimum Gasteiger partial charge on any atom is -0.382 e. The van der Waals surface area contributed by atoms with Gasteiger partial charge in [-0.05, 0) is 6.07 Å². The molecule has 1 aromatic carbocycles. The van der Waals surface area contributed by atoms with Crippen LogP contribution in [0.1, 0.15) is 5.56 Å². The van der Waals surface area contributed by atoms with Crippen molar-refractivity contribution < 1.29 is 9.47 Å². The molecule has 0 spiro atoms. The summed E-state index contributed by atoms with van der Waals surface area (Å²) in [4.78, 5) is 4.30. The SMILES string of the molecule is COCCOCc1cccc(Cl)c1NC1=NCCN1. The van der Waals surface area contributed by atoms with Gasteiger partial charge in [0.25, 0.3) is 0 Å².